The molecule has 0 spiro atoms. The van der Waals surface area contributed by atoms with Crippen LogP contribution in [0.25, 0.3) is 16.7 Å². The van der Waals surface area contributed by atoms with E-state index in [-0.39, 0.29) is 0 Å². The molecule has 2 aromatic heterocycles. The molecule has 1 aliphatic rings. The fourth-order valence-corrected chi connectivity index (χ4v) is 3.13. The second-order valence-electron chi connectivity index (χ2n) is 7.91. The normalized spacial score (nSPS) is 18.0. The van der Waals surface area contributed by atoms with Crippen LogP contribution in [0.2, 0.25) is 0 Å². The van der Waals surface area contributed by atoms with Crippen molar-refractivity contribution in [3.63, 3.8) is 0 Å². The first-order valence-corrected chi connectivity index (χ1v) is 8.93. The first-order valence-electron chi connectivity index (χ1n) is 8.93. The van der Waals surface area contributed by atoms with Crippen LogP contribution in [0.15, 0.2) is 36.5 Å². The Labute approximate surface area is 158 Å². The Morgan fingerprint density at radius 3 is 2.44 bits per heavy atom. The lowest BCUT2D eigenvalue weighted by Gasteiger charge is -2.32. The second kappa shape index (κ2) is 5.91. The van der Waals surface area contributed by atoms with Crippen molar-refractivity contribution in [1.82, 2.24) is 14.8 Å². The van der Waals surface area contributed by atoms with E-state index in [4.69, 9.17) is 9.31 Å². The highest BCUT2D eigenvalue weighted by Crippen LogP contribution is 2.36. The van der Waals surface area contributed by atoms with Crippen molar-refractivity contribution < 1.29 is 9.31 Å². The Morgan fingerprint density at radius 1 is 1.11 bits per heavy atom. The van der Waals surface area contributed by atoms with Gasteiger partial charge in [0, 0.05) is 17.3 Å². The molecule has 1 saturated heterocycles. The van der Waals surface area contributed by atoms with Crippen LogP contribution >= 0.6 is 0 Å². The van der Waals surface area contributed by atoms with Crippen LogP contribution in [0.3, 0.4) is 0 Å². The Bertz CT molecular complexity index is 1070. The molecule has 0 unspecified atom stereocenters. The zero-order valence-corrected chi connectivity index (χ0v) is 16.1. The maximum Gasteiger partial charge on any atom is 0.494 e. The Morgan fingerprint density at radius 2 is 1.81 bits per heavy atom. The highest BCUT2D eigenvalue weighted by atomic mass is 16.7. The minimum atomic E-state index is -0.534. The van der Waals surface area contributed by atoms with Gasteiger partial charge in [0.1, 0.15) is 0 Å². The molecule has 3 aromatic rings. The summed E-state index contributed by atoms with van der Waals surface area (Å²) in [6, 6.07) is 11.8. The molecule has 0 aliphatic carbocycles. The summed E-state index contributed by atoms with van der Waals surface area (Å²) in [7, 11) is -0.534. The minimum absolute atomic E-state index is 0.440. The molecular formula is C20H21BN4O2. The molecule has 1 fully saturated rings. The van der Waals surface area contributed by atoms with Gasteiger partial charge < -0.3 is 9.31 Å². The number of fused-ring (bicyclic) bond motifs is 1. The van der Waals surface area contributed by atoms with E-state index in [9.17, 15) is 5.26 Å². The van der Waals surface area contributed by atoms with Gasteiger partial charge in [-0.3, -0.25) is 0 Å². The smallest absolute Gasteiger partial charge is 0.399 e. The van der Waals surface area contributed by atoms with E-state index < -0.39 is 18.3 Å². The van der Waals surface area contributed by atoms with Crippen molar-refractivity contribution in [2.45, 2.75) is 45.8 Å². The third kappa shape index (κ3) is 2.91. The summed E-state index contributed by atoms with van der Waals surface area (Å²) in [4.78, 5) is 4.50. The average molecular weight is 360 g/mol. The number of aromatic nitrogens is 3. The lowest BCUT2D eigenvalue weighted by molar-refractivity contribution is 0.00578. The Kier molecular flexibility index (Phi) is 3.88. The summed E-state index contributed by atoms with van der Waals surface area (Å²) >= 11 is 0. The number of aryl methyl sites for hydroxylation is 1. The standard InChI is InChI=1S/C20H21BN4O2/c1-13-7-6-8-18(23-13)25-12-16-14(11-22)9-15(10-17(16)24-25)21-26-19(2,3)20(4,5)27-21/h6-10,12H,1-5H3. The van der Waals surface area contributed by atoms with E-state index in [2.05, 4.69) is 16.2 Å². The van der Waals surface area contributed by atoms with E-state index >= 15 is 0 Å². The maximum atomic E-state index is 9.65. The van der Waals surface area contributed by atoms with Crippen LogP contribution in [-0.2, 0) is 9.31 Å². The number of hydrogen-bond donors (Lipinski definition) is 0. The van der Waals surface area contributed by atoms with Gasteiger partial charge in [-0.1, -0.05) is 6.07 Å². The average Bonchev–Trinajstić information content (AvgIpc) is 3.12. The third-order valence-electron chi connectivity index (χ3n) is 5.40. The van der Waals surface area contributed by atoms with Gasteiger partial charge in [0.25, 0.3) is 0 Å². The molecule has 0 radical (unpaired) electrons. The van der Waals surface area contributed by atoms with Crippen LogP contribution in [-0.4, -0.2) is 33.1 Å². The molecule has 0 atom stereocenters. The largest absolute Gasteiger partial charge is 0.494 e. The summed E-state index contributed by atoms with van der Waals surface area (Å²) < 4.78 is 14.0. The van der Waals surface area contributed by atoms with Gasteiger partial charge in [-0.05, 0) is 64.3 Å². The second-order valence-corrected chi connectivity index (χ2v) is 7.91. The Balaban J connectivity index is 1.80. The van der Waals surface area contributed by atoms with Gasteiger partial charge in [0.05, 0.1) is 28.4 Å². The van der Waals surface area contributed by atoms with Gasteiger partial charge in [0.15, 0.2) is 5.82 Å². The van der Waals surface area contributed by atoms with Crippen LogP contribution in [0.1, 0.15) is 39.0 Å². The maximum absolute atomic E-state index is 9.65. The first-order chi connectivity index (χ1) is 12.7. The van der Waals surface area contributed by atoms with E-state index in [1.54, 1.807) is 4.68 Å². The first kappa shape index (κ1) is 17.7. The molecule has 0 bridgehead atoms. The number of rotatable bonds is 2. The summed E-state index contributed by atoms with van der Waals surface area (Å²) in [6.07, 6.45) is 1.84. The molecular weight excluding hydrogens is 339 g/mol. The molecule has 0 N–H and O–H groups in total. The van der Waals surface area contributed by atoms with Crippen LogP contribution in [0.4, 0.5) is 0 Å². The van der Waals surface area contributed by atoms with E-state index in [1.807, 2.05) is 71.1 Å². The van der Waals surface area contributed by atoms with Crippen molar-refractivity contribution in [1.29, 1.82) is 5.26 Å². The summed E-state index contributed by atoms with van der Waals surface area (Å²) in [5, 5.41) is 15.1. The number of hydrogen-bond acceptors (Lipinski definition) is 5. The summed E-state index contributed by atoms with van der Waals surface area (Å²) in [5.41, 5.74) is 2.07. The van der Waals surface area contributed by atoms with E-state index in [1.165, 1.54) is 0 Å². The van der Waals surface area contributed by atoms with Crippen LogP contribution in [0.5, 0.6) is 0 Å². The molecule has 0 amide bonds. The number of nitrogens with zero attached hydrogens (tertiary/aromatic N) is 4. The molecule has 0 saturated carbocycles. The minimum Gasteiger partial charge on any atom is -0.399 e. The van der Waals surface area contributed by atoms with Crippen molar-refractivity contribution in [2.75, 3.05) is 0 Å². The zero-order valence-electron chi connectivity index (χ0n) is 16.1. The highest BCUT2D eigenvalue weighted by Gasteiger charge is 2.51. The molecule has 4 rings (SSSR count). The Hall–Kier alpha value is -2.69. The number of benzene rings is 1. The third-order valence-corrected chi connectivity index (χ3v) is 5.40. The topological polar surface area (TPSA) is 73.0 Å². The molecule has 27 heavy (non-hydrogen) atoms. The van der Waals surface area contributed by atoms with Crippen molar-refractivity contribution in [3.05, 3.63) is 47.8 Å². The van der Waals surface area contributed by atoms with E-state index in [0.29, 0.717) is 16.9 Å². The molecule has 1 aliphatic heterocycles. The molecule has 7 heteroatoms. The van der Waals surface area contributed by atoms with Crippen molar-refractivity contribution in [3.8, 4) is 11.9 Å². The van der Waals surface area contributed by atoms with Crippen LogP contribution < -0.4 is 5.46 Å². The van der Waals surface area contributed by atoms with Crippen molar-refractivity contribution >= 4 is 23.5 Å². The lowest BCUT2D eigenvalue weighted by Crippen LogP contribution is -2.41. The predicted molar refractivity (Wildman–Crippen MR) is 104 cm³/mol. The van der Waals surface area contributed by atoms with Gasteiger partial charge in [-0.15, -0.1) is 0 Å². The predicted octanol–water partition coefficient (Wildman–Crippen LogP) is 2.90. The molecule has 6 nitrogen and oxygen atoms in total. The number of pyridine rings is 1. The summed E-state index contributed by atoms with van der Waals surface area (Å²) in [6.45, 7) is 9.97. The van der Waals surface area contributed by atoms with Gasteiger partial charge in [-0.25, -0.2) is 9.67 Å². The monoisotopic (exact) mass is 360 g/mol. The van der Waals surface area contributed by atoms with Crippen molar-refractivity contribution in [2.24, 2.45) is 0 Å². The fourth-order valence-electron chi connectivity index (χ4n) is 3.13. The fraction of sp³-hybridized carbons (Fsp3) is 0.350. The molecule has 3 heterocycles. The van der Waals surface area contributed by atoms with E-state index in [0.717, 1.165) is 16.5 Å². The van der Waals surface area contributed by atoms with Gasteiger partial charge in [-0.2, -0.15) is 10.4 Å². The zero-order chi connectivity index (χ0) is 19.4. The highest BCUT2D eigenvalue weighted by molar-refractivity contribution is 6.62. The van der Waals surface area contributed by atoms with Gasteiger partial charge in [0.2, 0.25) is 0 Å². The molecule has 136 valence electrons. The summed E-state index contributed by atoms with van der Waals surface area (Å²) in [5.74, 6) is 0.715. The van der Waals surface area contributed by atoms with Gasteiger partial charge >= 0.3 is 7.12 Å². The molecule has 1 aromatic carbocycles. The van der Waals surface area contributed by atoms with Crippen LogP contribution in [0, 0.1) is 18.3 Å². The quantitative estimate of drug-likeness (QED) is 0.657. The SMILES string of the molecule is Cc1cccc(-n2cc3c(C#N)cc(B4OC(C)(C)C(C)(C)O4)cc3n2)n1. The lowest BCUT2D eigenvalue weighted by atomic mass is 9.78. The number of nitriles is 1.